The van der Waals surface area contributed by atoms with E-state index in [0.717, 1.165) is 21.7 Å². The van der Waals surface area contributed by atoms with Crippen molar-refractivity contribution in [2.45, 2.75) is 18.6 Å². The lowest BCUT2D eigenvalue weighted by Gasteiger charge is -2.26. The summed E-state index contributed by atoms with van der Waals surface area (Å²) in [5.74, 6) is 0. The average molecular weight is 386 g/mol. The van der Waals surface area contributed by atoms with Crippen LogP contribution >= 0.6 is 35.2 Å². The van der Waals surface area contributed by atoms with Crippen LogP contribution in [0.15, 0.2) is 66.9 Å². The van der Waals surface area contributed by atoms with Crippen LogP contribution in [0.2, 0.25) is 4.34 Å². The Bertz CT molecular complexity index is 867. The molecular weight excluding hydrogens is 370 g/mol. The Morgan fingerprint density at radius 3 is 2.56 bits per heavy atom. The second-order valence-corrected chi connectivity index (χ2v) is 8.02. The summed E-state index contributed by atoms with van der Waals surface area (Å²) < 4.78 is 0.784. The zero-order chi connectivity index (χ0) is 17.2. The van der Waals surface area contributed by atoms with Crippen LogP contribution < -0.4 is 5.32 Å². The highest BCUT2D eigenvalue weighted by atomic mass is 35.5. The molecule has 1 aromatic carbocycles. The van der Waals surface area contributed by atoms with E-state index in [2.05, 4.69) is 45.5 Å². The highest BCUT2D eigenvalue weighted by Gasteiger charge is 2.40. The first-order chi connectivity index (χ1) is 12.2. The van der Waals surface area contributed by atoms with Gasteiger partial charge in [0.2, 0.25) is 0 Å². The zero-order valence-electron chi connectivity index (χ0n) is 13.3. The number of benzene rings is 1. The molecule has 3 nitrogen and oxygen atoms in total. The van der Waals surface area contributed by atoms with Crippen LogP contribution in [0.3, 0.4) is 0 Å². The van der Waals surface area contributed by atoms with Crippen molar-refractivity contribution in [3.8, 4) is 0 Å². The Morgan fingerprint density at radius 2 is 1.88 bits per heavy atom. The summed E-state index contributed by atoms with van der Waals surface area (Å²) in [6, 6.07) is 20.4. The lowest BCUT2D eigenvalue weighted by Crippen LogP contribution is -2.28. The molecule has 0 radical (unpaired) electrons. The van der Waals surface area contributed by atoms with Crippen molar-refractivity contribution in [3.05, 3.63) is 87.3 Å². The molecule has 0 saturated carbocycles. The lowest BCUT2D eigenvalue weighted by atomic mass is 10.0. The standard InChI is InChI=1S/C19H16ClN3S2/c20-16-10-9-15(25-16)18-17(14-8-4-5-11-21-14)22-19(24)23(18)12-13-6-2-1-3-7-13/h1-11,17-18H,12H2,(H,22,24)/t17-,18-/m0/s1. The fraction of sp³-hybridized carbons (Fsp3) is 0.158. The van der Waals surface area contributed by atoms with Gasteiger partial charge in [0.15, 0.2) is 5.11 Å². The monoisotopic (exact) mass is 385 g/mol. The van der Waals surface area contributed by atoms with E-state index in [4.69, 9.17) is 23.8 Å². The molecule has 3 heterocycles. The topological polar surface area (TPSA) is 28.2 Å². The van der Waals surface area contributed by atoms with Gasteiger partial charge >= 0.3 is 0 Å². The molecule has 1 aliphatic rings. The molecule has 2 aromatic heterocycles. The molecule has 1 saturated heterocycles. The number of aromatic nitrogens is 1. The summed E-state index contributed by atoms with van der Waals surface area (Å²) in [5.41, 5.74) is 2.20. The van der Waals surface area contributed by atoms with Crippen molar-refractivity contribution in [1.29, 1.82) is 0 Å². The maximum Gasteiger partial charge on any atom is 0.170 e. The van der Waals surface area contributed by atoms with Gasteiger partial charge in [0.05, 0.1) is 22.1 Å². The van der Waals surface area contributed by atoms with Gasteiger partial charge in [0, 0.05) is 17.6 Å². The summed E-state index contributed by atoms with van der Waals surface area (Å²) in [7, 11) is 0. The van der Waals surface area contributed by atoms with Gasteiger partial charge in [-0.2, -0.15) is 0 Å². The molecule has 4 rings (SSSR count). The number of hydrogen-bond donors (Lipinski definition) is 1. The number of nitrogens with zero attached hydrogens (tertiary/aromatic N) is 2. The van der Waals surface area contributed by atoms with Gasteiger partial charge in [-0.25, -0.2) is 0 Å². The van der Waals surface area contributed by atoms with Crippen molar-refractivity contribution in [2.75, 3.05) is 0 Å². The fourth-order valence-corrected chi connectivity index (χ4v) is 4.67. The molecule has 0 bridgehead atoms. The Kier molecular flexibility index (Phi) is 4.70. The molecule has 1 N–H and O–H groups in total. The molecule has 0 spiro atoms. The second-order valence-electron chi connectivity index (χ2n) is 5.88. The van der Waals surface area contributed by atoms with Gasteiger partial charge in [0.25, 0.3) is 0 Å². The first-order valence-corrected chi connectivity index (χ1v) is 9.60. The largest absolute Gasteiger partial charge is 0.352 e. The Morgan fingerprint density at radius 1 is 1.08 bits per heavy atom. The third kappa shape index (κ3) is 3.40. The van der Waals surface area contributed by atoms with E-state index in [9.17, 15) is 0 Å². The Balaban J connectivity index is 1.72. The van der Waals surface area contributed by atoms with Crippen molar-refractivity contribution in [3.63, 3.8) is 0 Å². The van der Waals surface area contributed by atoms with Crippen LogP contribution in [0.25, 0.3) is 0 Å². The van der Waals surface area contributed by atoms with E-state index in [1.807, 2.05) is 36.5 Å². The lowest BCUT2D eigenvalue weighted by molar-refractivity contribution is 0.315. The predicted octanol–water partition coefficient (Wildman–Crippen LogP) is 4.97. The smallest absolute Gasteiger partial charge is 0.170 e. The van der Waals surface area contributed by atoms with E-state index >= 15 is 0 Å². The SMILES string of the molecule is S=C1N[C@@H](c2ccccn2)[C@H](c2ccc(Cl)s2)N1Cc1ccccc1. The van der Waals surface area contributed by atoms with Crippen LogP contribution in [-0.2, 0) is 6.54 Å². The Hall–Kier alpha value is -1.95. The normalized spacial score (nSPS) is 19.9. The first kappa shape index (κ1) is 16.5. The van der Waals surface area contributed by atoms with Crippen LogP contribution in [-0.4, -0.2) is 15.0 Å². The van der Waals surface area contributed by atoms with E-state index in [1.165, 1.54) is 10.4 Å². The number of pyridine rings is 1. The number of nitrogens with one attached hydrogen (secondary N) is 1. The molecule has 0 aliphatic carbocycles. The van der Waals surface area contributed by atoms with E-state index in [0.29, 0.717) is 0 Å². The molecule has 1 fully saturated rings. The van der Waals surface area contributed by atoms with Gasteiger partial charge in [-0.05, 0) is 42.0 Å². The number of thiophene rings is 1. The van der Waals surface area contributed by atoms with Crippen molar-refractivity contribution < 1.29 is 0 Å². The maximum absolute atomic E-state index is 6.21. The van der Waals surface area contributed by atoms with E-state index in [-0.39, 0.29) is 12.1 Å². The van der Waals surface area contributed by atoms with Gasteiger partial charge in [-0.3, -0.25) is 4.98 Å². The maximum atomic E-state index is 6.21. The molecule has 3 aromatic rings. The summed E-state index contributed by atoms with van der Waals surface area (Å²) in [4.78, 5) is 7.95. The van der Waals surface area contributed by atoms with Crippen molar-refractivity contribution in [1.82, 2.24) is 15.2 Å². The summed E-state index contributed by atoms with van der Waals surface area (Å²) in [6.45, 7) is 0.746. The summed E-state index contributed by atoms with van der Waals surface area (Å²) >= 11 is 13.5. The number of thiocarbonyl (C=S) groups is 1. The molecule has 1 aliphatic heterocycles. The molecule has 0 amide bonds. The minimum atomic E-state index is 0.00660. The summed E-state index contributed by atoms with van der Waals surface area (Å²) in [5, 5.41) is 4.20. The Labute approximate surface area is 161 Å². The van der Waals surface area contributed by atoms with Gasteiger partial charge in [0.1, 0.15) is 0 Å². The third-order valence-corrected chi connectivity index (χ3v) is 5.93. The van der Waals surface area contributed by atoms with Crippen molar-refractivity contribution in [2.24, 2.45) is 0 Å². The molecule has 2 atom stereocenters. The van der Waals surface area contributed by atoms with Crippen LogP contribution in [0.5, 0.6) is 0 Å². The highest BCUT2D eigenvalue weighted by molar-refractivity contribution is 7.80. The molecular formula is C19H16ClN3S2. The molecule has 126 valence electrons. The van der Waals surface area contributed by atoms with Crippen LogP contribution in [0.4, 0.5) is 0 Å². The minimum Gasteiger partial charge on any atom is -0.352 e. The van der Waals surface area contributed by atoms with Gasteiger partial charge < -0.3 is 10.2 Å². The third-order valence-electron chi connectivity index (χ3n) is 4.28. The highest BCUT2D eigenvalue weighted by Crippen LogP contribution is 2.42. The number of halogens is 1. The molecule has 0 unspecified atom stereocenters. The van der Waals surface area contributed by atoms with Crippen LogP contribution in [0.1, 0.15) is 28.2 Å². The zero-order valence-corrected chi connectivity index (χ0v) is 15.7. The predicted molar refractivity (Wildman–Crippen MR) is 107 cm³/mol. The fourth-order valence-electron chi connectivity index (χ4n) is 3.15. The van der Waals surface area contributed by atoms with Gasteiger partial charge in [-0.15, -0.1) is 11.3 Å². The molecule has 25 heavy (non-hydrogen) atoms. The summed E-state index contributed by atoms with van der Waals surface area (Å²) in [6.07, 6.45) is 1.82. The van der Waals surface area contributed by atoms with Crippen LogP contribution in [0, 0.1) is 0 Å². The quantitative estimate of drug-likeness (QED) is 0.642. The molecule has 6 heteroatoms. The number of hydrogen-bond acceptors (Lipinski definition) is 3. The van der Waals surface area contributed by atoms with Crippen molar-refractivity contribution >= 4 is 40.3 Å². The van der Waals surface area contributed by atoms with E-state index in [1.54, 1.807) is 11.3 Å². The second kappa shape index (κ2) is 7.12. The minimum absolute atomic E-state index is 0.00660. The average Bonchev–Trinajstić information content (AvgIpc) is 3.20. The number of rotatable bonds is 4. The van der Waals surface area contributed by atoms with Gasteiger partial charge in [-0.1, -0.05) is 48.0 Å². The first-order valence-electron chi connectivity index (χ1n) is 7.99. The van der Waals surface area contributed by atoms with E-state index < -0.39 is 0 Å².